The summed E-state index contributed by atoms with van der Waals surface area (Å²) in [7, 11) is 0. The molecule has 1 aromatic rings. The van der Waals surface area contributed by atoms with E-state index in [1.54, 1.807) is 6.92 Å². The Balaban J connectivity index is 2.21. The maximum Gasteiger partial charge on any atom is 0.0990 e. The maximum absolute atomic E-state index is 9.52. The van der Waals surface area contributed by atoms with Crippen LogP contribution in [0.3, 0.4) is 0 Å². The number of halogens is 1. The van der Waals surface area contributed by atoms with Crippen molar-refractivity contribution in [2.45, 2.75) is 25.2 Å². The Kier molecular flexibility index (Phi) is 3.73. The van der Waals surface area contributed by atoms with Crippen LogP contribution in [0.1, 0.15) is 18.6 Å². The van der Waals surface area contributed by atoms with E-state index >= 15 is 0 Å². The van der Waals surface area contributed by atoms with Gasteiger partial charge in [0.25, 0.3) is 0 Å². The van der Waals surface area contributed by atoms with Crippen molar-refractivity contribution in [3.05, 3.63) is 28.2 Å². The molecule has 0 aliphatic carbocycles. The van der Waals surface area contributed by atoms with E-state index in [4.69, 9.17) is 0 Å². The third-order valence-corrected chi connectivity index (χ3v) is 3.75. The van der Waals surface area contributed by atoms with E-state index in [0.717, 1.165) is 15.7 Å². The minimum absolute atomic E-state index is 0.432. The monoisotopic (exact) mass is 301 g/mol. The van der Waals surface area contributed by atoms with Gasteiger partial charge < -0.3 is 20.2 Å². The summed E-state index contributed by atoms with van der Waals surface area (Å²) in [5.74, 6) is 0. The van der Waals surface area contributed by atoms with Crippen molar-refractivity contribution in [3.8, 4) is 0 Å². The Hall–Kier alpha value is -0.620. The number of anilines is 1. The minimum Gasteiger partial charge on any atom is -0.389 e. The summed E-state index contributed by atoms with van der Waals surface area (Å²) < 4.78 is 0.834. The largest absolute Gasteiger partial charge is 0.389 e. The number of aliphatic hydroxyl groups is 3. The van der Waals surface area contributed by atoms with Crippen molar-refractivity contribution in [1.29, 1.82) is 0 Å². The minimum atomic E-state index is -0.690. The fourth-order valence-electron chi connectivity index (χ4n) is 2.03. The van der Waals surface area contributed by atoms with Crippen molar-refractivity contribution in [1.82, 2.24) is 0 Å². The van der Waals surface area contributed by atoms with Crippen LogP contribution in [0.15, 0.2) is 22.7 Å². The van der Waals surface area contributed by atoms with Crippen LogP contribution in [0.4, 0.5) is 5.69 Å². The van der Waals surface area contributed by atoms with Gasteiger partial charge >= 0.3 is 0 Å². The molecule has 0 radical (unpaired) electrons. The molecule has 1 aromatic carbocycles. The summed E-state index contributed by atoms with van der Waals surface area (Å²) in [5.41, 5.74) is 1.76. The van der Waals surface area contributed by atoms with Gasteiger partial charge in [-0.05, 0) is 24.6 Å². The molecule has 1 fully saturated rings. The fraction of sp³-hybridized carbons (Fsp3) is 0.500. The number of hydrogen-bond donors (Lipinski definition) is 3. The number of rotatable bonds is 2. The lowest BCUT2D eigenvalue weighted by molar-refractivity contribution is 0.0572. The smallest absolute Gasteiger partial charge is 0.0990 e. The molecule has 4 nitrogen and oxygen atoms in total. The number of aliphatic hydroxyl groups excluding tert-OH is 3. The van der Waals surface area contributed by atoms with Gasteiger partial charge in [-0.15, -0.1) is 0 Å². The molecule has 3 atom stereocenters. The molecule has 17 heavy (non-hydrogen) atoms. The highest BCUT2D eigenvalue weighted by Gasteiger charge is 2.29. The molecule has 2 unspecified atom stereocenters. The van der Waals surface area contributed by atoms with Crippen LogP contribution in [0.2, 0.25) is 0 Å². The first-order chi connectivity index (χ1) is 7.99. The van der Waals surface area contributed by atoms with Gasteiger partial charge in [0.2, 0.25) is 0 Å². The normalized spacial score (nSPS) is 26.3. The molecule has 0 aromatic heterocycles. The molecule has 94 valence electrons. The molecule has 1 saturated heterocycles. The van der Waals surface area contributed by atoms with Crippen molar-refractivity contribution < 1.29 is 15.3 Å². The quantitative estimate of drug-likeness (QED) is 0.764. The second-order valence-electron chi connectivity index (χ2n) is 4.42. The van der Waals surface area contributed by atoms with Gasteiger partial charge in [-0.1, -0.05) is 22.0 Å². The first-order valence-corrected chi connectivity index (χ1v) is 6.37. The fourth-order valence-corrected chi connectivity index (χ4v) is 2.73. The van der Waals surface area contributed by atoms with Gasteiger partial charge in [-0.3, -0.25) is 0 Å². The first kappa shape index (κ1) is 12.8. The van der Waals surface area contributed by atoms with E-state index in [1.807, 2.05) is 23.1 Å². The van der Waals surface area contributed by atoms with Gasteiger partial charge in [0.05, 0.1) is 18.3 Å². The van der Waals surface area contributed by atoms with E-state index in [0.29, 0.717) is 13.1 Å². The summed E-state index contributed by atoms with van der Waals surface area (Å²) in [4.78, 5) is 1.92. The highest BCUT2D eigenvalue weighted by molar-refractivity contribution is 9.10. The molecule has 1 aliphatic rings. The summed E-state index contributed by atoms with van der Waals surface area (Å²) in [6.45, 7) is 2.58. The van der Waals surface area contributed by atoms with Crippen molar-refractivity contribution >= 4 is 21.6 Å². The zero-order valence-electron chi connectivity index (χ0n) is 9.55. The van der Waals surface area contributed by atoms with E-state index in [-0.39, 0.29) is 0 Å². The highest BCUT2D eigenvalue weighted by atomic mass is 79.9. The number of benzene rings is 1. The molecule has 2 rings (SSSR count). The highest BCUT2D eigenvalue weighted by Crippen LogP contribution is 2.29. The second-order valence-corrected chi connectivity index (χ2v) is 5.28. The third-order valence-electron chi connectivity index (χ3n) is 3.06. The molecule has 0 bridgehead atoms. The zero-order valence-corrected chi connectivity index (χ0v) is 11.1. The van der Waals surface area contributed by atoms with E-state index in [1.165, 1.54) is 0 Å². The summed E-state index contributed by atoms with van der Waals surface area (Å²) >= 11 is 3.41. The van der Waals surface area contributed by atoms with Crippen molar-refractivity contribution in [3.63, 3.8) is 0 Å². The predicted molar refractivity (Wildman–Crippen MR) is 69.0 cm³/mol. The zero-order chi connectivity index (χ0) is 12.6. The molecule has 0 saturated carbocycles. The molecule has 5 heteroatoms. The molecular formula is C12H16BrNO3. The van der Waals surface area contributed by atoms with E-state index in [2.05, 4.69) is 15.9 Å². The van der Waals surface area contributed by atoms with Crippen LogP contribution >= 0.6 is 15.9 Å². The van der Waals surface area contributed by atoms with Crippen LogP contribution in [0, 0.1) is 0 Å². The Morgan fingerprint density at radius 2 is 1.88 bits per heavy atom. The molecular weight excluding hydrogens is 286 g/mol. The standard InChI is InChI=1S/C12H16BrNO3/c1-7(15)9-3-2-8(4-10(9)13)14-5-11(16)12(17)6-14/h2-4,7,11-12,15-17H,5-6H2,1H3/t7-,11?,12?/m0/s1. The Bertz CT molecular complexity index is 401. The average Bonchev–Trinajstić information content (AvgIpc) is 2.58. The Labute approximate surface area is 109 Å². The van der Waals surface area contributed by atoms with Gasteiger partial charge in [-0.25, -0.2) is 0 Å². The lowest BCUT2D eigenvalue weighted by atomic mass is 10.1. The van der Waals surface area contributed by atoms with Gasteiger partial charge in [0.15, 0.2) is 0 Å². The third kappa shape index (κ3) is 2.63. The first-order valence-electron chi connectivity index (χ1n) is 5.57. The van der Waals surface area contributed by atoms with Crippen LogP contribution < -0.4 is 4.90 Å². The molecule has 0 spiro atoms. The number of β-amino-alcohol motifs (C(OH)–C–C–N with tert-alkyl or cyclic N) is 2. The molecule has 3 N–H and O–H groups in total. The van der Waals surface area contributed by atoms with Crippen molar-refractivity contribution in [2.75, 3.05) is 18.0 Å². The topological polar surface area (TPSA) is 63.9 Å². The number of nitrogens with zero attached hydrogens (tertiary/aromatic N) is 1. The van der Waals surface area contributed by atoms with Gasteiger partial charge in [0, 0.05) is 23.2 Å². The van der Waals surface area contributed by atoms with Crippen LogP contribution in [0.25, 0.3) is 0 Å². The Morgan fingerprint density at radius 1 is 1.29 bits per heavy atom. The molecule has 1 heterocycles. The molecule has 0 amide bonds. The lowest BCUT2D eigenvalue weighted by Crippen LogP contribution is -2.22. The lowest BCUT2D eigenvalue weighted by Gasteiger charge is -2.19. The Morgan fingerprint density at radius 3 is 2.35 bits per heavy atom. The van der Waals surface area contributed by atoms with Crippen LogP contribution in [0.5, 0.6) is 0 Å². The SMILES string of the molecule is C[C@H](O)c1ccc(N2CC(O)C(O)C2)cc1Br. The molecule has 1 aliphatic heterocycles. The predicted octanol–water partition coefficient (Wildman–Crippen LogP) is 1.04. The second kappa shape index (κ2) is 4.94. The summed E-state index contributed by atoms with van der Waals surface area (Å²) in [6, 6.07) is 5.63. The van der Waals surface area contributed by atoms with Gasteiger partial charge in [-0.2, -0.15) is 0 Å². The van der Waals surface area contributed by atoms with Crippen LogP contribution in [-0.2, 0) is 0 Å². The summed E-state index contributed by atoms with van der Waals surface area (Å²) in [5, 5.41) is 28.5. The van der Waals surface area contributed by atoms with Gasteiger partial charge in [0.1, 0.15) is 0 Å². The summed E-state index contributed by atoms with van der Waals surface area (Å²) in [6.07, 6.45) is -1.90. The van der Waals surface area contributed by atoms with E-state index < -0.39 is 18.3 Å². The van der Waals surface area contributed by atoms with Crippen LogP contribution in [-0.4, -0.2) is 40.6 Å². The average molecular weight is 302 g/mol. The van der Waals surface area contributed by atoms with E-state index in [9.17, 15) is 15.3 Å². The van der Waals surface area contributed by atoms with Crippen molar-refractivity contribution in [2.24, 2.45) is 0 Å². The number of hydrogen-bond acceptors (Lipinski definition) is 4. The maximum atomic E-state index is 9.52.